The average molecular weight is 276 g/mol. The first-order valence-electron chi connectivity index (χ1n) is 6.97. The first-order valence-corrected chi connectivity index (χ1v) is 6.97. The molecule has 2 atom stereocenters. The van der Waals surface area contributed by atoms with Crippen LogP contribution in [0.3, 0.4) is 0 Å². The molecule has 1 aliphatic rings. The summed E-state index contributed by atoms with van der Waals surface area (Å²) in [7, 11) is 1.74. The number of amides is 1. The second-order valence-electron chi connectivity index (χ2n) is 5.31. The van der Waals surface area contributed by atoms with Crippen molar-refractivity contribution in [2.75, 3.05) is 13.6 Å². The first kappa shape index (κ1) is 14.5. The summed E-state index contributed by atoms with van der Waals surface area (Å²) in [6.07, 6.45) is 4.53. The molecule has 0 saturated heterocycles. The number of hydrogen-bond acceptors (Lipinski definition) is 3. The van der Waals surface area contributed by atoms with Gasteiger partial charge in [0.15, 0.2) is 0 Å². The van der Waals surface area contributed by atoms with Crippen LogP contribution in [0, 0.1) is 11.8 Å². The van der Waals surface area contributed by atoms with Crippen LogP contribution >= 0.6 is 0 Å². The fraction of sp³-hybridized carbons (Fsp3) is 0.533. The van der Waals surface area contributed by atoms with Crippen molar-refractivity contribution in [1.29, 1.82) is 0 Å². The van der Waals surface area contributed by atoms with Gasteiger partial charge in [-0.1, -0.05) is 12.5 Å². The van der Waals surface area contributed by atoms with Crippen LogP contribution in [0.1, 0.15) is 25.0 Å². The number of nitrogens with zero attached hydrogens (tertiary/aromatic N) is 2. The van der Waals surface area contributed by atoms with Crippen LogP contribution in [0.4, 0.5) is 0 Å². The SMILES string of the molecule is CN(CCc1ccccn1)C(=O)C1CCCC1C(=O)O. The van der Waals surface area contributed by atoms with E-state index in [0.717, 1.165) is 12.1 Å². The van der Waals surface area contributed by atoms with Gasteiger partial charge in [0, 0.05) is 31.9 Å². The molecule has 0 bridgehead atoms. The normalized spacial score (nSPS) is 21.6. The number of carbonyl (C=O) groups excluding carboxylic acids is 1. The van der Waals surface area contributed by atoms with Crippen LogP contribution < -0.4 is 0 Å². The second-order valence-corrected chi connectivity index (χ2v) is 5.31. The molecule has 1 aliphatic carbocycles. The summed E-state index contributed by atoms with van der Waals surface area (Å²) in [6, 6.07) is 5.70. The molecule has 0 radical (unpaired) electrons. The van der Waals surface area contributed by atoms with Crippen LogP contribution in [-0.4, -0.2) is 40.5 Å². The minimum atomic E-state index is -0.848. The van der Waals surface area contributed by atoms with Gasteiger partial charge in [-0.25, -0.2) is 0 Å². The van der Waals surface area contributed by atoms with Gasteiger partial charge in [-0.15, -0.1) is 0 Å². The topological polar surface area (TPSA) is 70.5 Å². The van der Waals surface area contributed by atoms with Gasteiger partial charge in [0.1, 0.15) is 0 Å². The zero-order valence-corrected chi connectivity index (χ0v) is 11.7. The number of hydrogen-bond donors (Lipinski definition) is 1. The summed E-state index contributed by atoms with van der Waals surface area (Å²) in [6.45, 7) is 0.568. The highest BCUT2D eigenvalue weighted by Crippen LogP contribution is 2.33. The van der Waals surface area contributed by atoms with E-state index in [4.69, 9.17) is 5.11 Å². The van der Waals surface area contributed by atoms with Crippen molar-refractivity contribution in [1.82, 2.24) is 9.88 Å². The number of likely N-dealkylation sites (N-methyl/N-ethyl adjacent to an activating group) is 1. The third-order valence-corrected chi connectivity index (χ3v) is 3.96. The molecule has 2 unspecified atom stereocenters. The van der Waals surface area contributed by atoms with E-state index in [0.29, 0.717) is 25.8 Å². The molecule has 0 aliphatic heterocycles. The predicted octanol–water partition coefficient (Wildman–Crippen LogP) is 1.58. The lowest BCUT2D eigenvalue weighted by Gasteiger charge is -2.23. The highest BCUT2D eigenvalue weighted by molar-refractivity contribution is 5.85. The Morgan fingerprint density at radius 3 is 2.75 bits per heavy atom. The molecule has 1 aromatic heterocycles. The highest BCUT2D eigenvalue weighted by Gasteiger charge is 2.38. The lowest BCUT2D eigenvalue weighted by atomic mass is 9.95. The summed E-state index contributed by atoms with van der Waals surface area (Å²) in [5.74, 6) is -1.77. The summed E-state index contributed by atoms with van der Waals surface area (Å²) in [5.41, 5.74) is 0.938. The minimum absolute atomic E-state index is 0.0502. The van der Waals surface area contributed by atoms with E-state index in [1.54, 1.807) is 18.1 Å². The first-order chi connectivity index (χ1) is 9.59. The maximum Gasteiger partial charge on any atom is 0.307 e. The molecule has 108 valence electrons. The van der Waals surface area contributed by atoms with Crippen LogP contribution in [0.2, 0.25) is 0 Å². The molecule has 1 fully saturated rings. The Morgan fingerprint density at radius 1 is 1.35 bits per heavy atom. The van der Waals surface area contributed by atoms with Gasteiger partial charge < -0.3 is 10.0 Å². The van der Waals surface area contributed by atoms with Crippen molar-refractivity contribution < 1.29 is 14.7 Å². The summed E-state index contributed by atoms with van der Waals surface area (Å²) in [4.78, 5) is 29.3. The van der Waals surface area contributed by atoms with Crippen molar-refractivity contribution >= 4 is 11.9 Å². The Labute approximate surface area is 118 Å². The molecule has 1 aromatic rings. The van der Waals surface area contributed by atoms with E-state index in [1.165, 1.54) is 0 Å². The molecule has 5 heteroatoms. The standard InChI is InChI=1S/C15H20N2O3/c1-17(10-8-11-5-2-3-9-16-11)14(18)12-6-4-7-13(12)15(19)20/h2-3,5,9,12-13H,4,6-8,10H2,1H3,(H,19,20). The molecular weight excluding hydrogens is 256 g/mol. The Balaban J connectivity index is 1.90. The average Bonchev–Trinajstić information content (AvgIpc) is 2.94. The number of carbonyl (C=O) groups is 2. The van der Waals surface area contributed by atoms with Gasteiger partial charge in [-0.3, -0.25) is 14.6 Å². The van der Waals surface area contributed by atoms with Gasteiger partial charge in [-0.05, 0) is 25.0 Å². The third-order valence-electron chi connectivity index (χ3n) is 3.96. The molecule has 1 heterocycles. The van der Waals surface area contributed by atoms with Gasteiger partial charge >= 0.3 is 5.97 Å². The van der Waals surface area contributed by atoms with E-state index in [1.807, 2.05) is 18.2 Å². The maximum absolute atomic E-state index is 12.3. The van der Waals surface area contributed by atoms with E-state index in [2.05, 4.69) is 4.98 Å². The maximum atomic E-state index is 12.3. The van der Waals surface area contributed by atoms with E-state index < -0.39 is 11.9 Å². The van der Waals surface area contributed by atoms with Crippen molar-refractivity contribution in [2.24, 2.45) is 11.8 Å². The summed E-state index contributed by atoms with van der Waals surface area (Å²) < 4.78 is 0. The van der Waals surface area contributed by atoms with Gasteiger partial charge in [0.05, 0.1) is 11.8 Å². The molecule has 1 saturated carbocycles. The largest absolute Gasteiger partial charge is 0.481 e. The van der Waals surface area contributed by atoms with Gasteiger partial charge in [0.25, 0.3) is 0 Å². The lowest BCUT2D eigenvalue weighted by Crippen LogP contribution is -2.37. The highest BCUT2D eigenvalue weighted by atomic mass is 16.4. The lowest BCUT2D eigenvalue weighted by molar-refractivity contribution is -0.148. The number of rotatable bonds is 5. The van der Waals surface area contributed by atoms with Crippen molar-refractivity contribution in [3.63, 3.8) is 0 Å². The molecule has 20 heavy (non-hydrogen) atoms. The fourth-order valence-electron chi connectivity index (χ4n) is 2.77. The molecule has 0 spiro atoms. The monoisotopic (exact) mass is 276 g/mol. The Morgan fingerprint density at radius 2 is 2.10 bits per heavy atom. The van der Waals surface area contributed by atoms with Gasteiger partial charge in [0.2, 0.25) is 5.91 Å². The molecular formula is C15H20N2O3. The summed E-state index contributed by atoms with van der Waals surface area (Å²) in [5, 5.41) is 9.14. The Hall–Kier alpha value is -1.91. The van der Waals surface area contributed by atoms with Crippen molar-refractivity contribution in [3.8, 4) is 0 Å². The van der Waals surface area contributed by atoms with E-state index in [9.17, 15) is 9.59 Å². The van der Waals surface area contributed by atoms with Crippen LogP contribution in [-0.2, 0) is 16.0 Å². The molecule has 1 N–H and O–H groups in total. The quantitative estimate of drug-likeness (QED) is 0.886. The minimum Gasteiger partial charge on any atom is -0.481 e. The van der Waals surface area contributed by atoms with Crippen LogP contribution in [0.25, 0.3) is 0 Å². The number of pyridine rings is 1. The van der Waals surface area contributed by atoms with Crippen LogP contribution in [0.15, 0.2) is 24.4 Å². The van der Waals surface area contributed by atoms with Crippen molar-refractivity contribution in [3.05, 3.63) is 30.1 Å². The Bertz CT molecular complexity index is 475. The zero-order valence-electron chi connectivity index (χ0n) is 11.7. The summed E-state index contributed by atoms with van der Waals surface area (Å²) >= 11 is 0. The molecule has 5 nitrogen and oxygen atoms in total. The van der Waals surface area contributed by atoms with Gasteiger partial charge in [-0.2, -0.15) is 0 Å². The number of carboxylic acids is 1. The Kier molecular flexibility index (Phi) is 4.71. The molecule has 0 aromatic carbocycles. The molecule has 1 amide bonds. The van der Waals surface area contributed by atoms with Crippen LogP contribution in [0.5, 0.6) is 0 Å². The van der Waals surface area contributed by atoms with E-state index >= 15 is 0 Å². The number of aromatic nitrogens is 1. The molecule has 2 rings (SSSR count). The number of aliphatic carboxylic acids is 1. The fourth-order valence-corrected chi connectivity index (χ4v) is 2.77. The second kappa shape index (κ2) is 6.50. The zero-order chi connectivity index (χ0) is 14.5. The third kappa shape index (κ3) is 3.35. The smallest absolute Gasteiger partial charge is 0.307 e. The predicted molar refractivity (Wildman–Crippen MR) is 74.0 cm³/mol. The van der Waals surface area contributed by atoms with Crippen molar-refractivity contribution in [2.45, 2.75) is 25.7 Å². The van der Waals surface area contributed by atoms with E-state index in [-0.39, 0.29) is 11.8 Å². The number of carboxylic acid groups (broad SMARTS) is 1.